The van der Waals surface area contributed by atoms with Gasteiger partial charge in [-0.3, -0.25) is 14.0 Å². The second-order valence-electron chi connectivity index (χ2n) is 6.57. The van der Waals surface area contributed by atoms with E-state index in [1.54, 1.807) is 19.5 Å². The van der Waals surface area contributed by atoms with Crippen LogP contribution in [-0.2, 0) is 9.59 Å². The van der Waals surface area contributed by atoms with Crippen molar-refractivity contribution in [2.24, 2.45) is 11.3 Å². The lowest BCUT2D eigenvalue weighted by Crippen LogP contribution is -2.66. The summed E-state index contributed by atoms with van der Waals surface area (Å²) >= 11 is 2.99. The molecule has 1 amide bonds. The number of rotatable bonds is 4. The molecule has 25 heavy (non-hydrogen) atoms. The molecule has 0 aromatic carbocycles. The molecular weight excluding hydrogens is 362 g/mol. The number of fused-ring (bicyclic) bond motifs is 2. The molecule has 7 nitrogen and oxygen atoms in total. The van der Waals surface area contributed by atoms with E-state index < -0.39 is 29.4 Å². The van der Waals surface area contributed by atoms with Crippen LogP contribution < -0.4 is 0 Å². The fourth-order valence-corrected chi connectivity index (χ4v) is 5.72. The number of carboxylic acid groups (broad SMARTS) is 1. The van der Waals surface area contributed by atoms with Gasteiger partial charge in [0.25, 0.3) is 0 Å². The van der Waals surface area contributed by atoms with E-state index in [1.807, 2.05) is 16.9 Å². The summed E-state index contributed by atoms with van der Waals surface area (Å²) in [6.07, 6.45) is 6.25. The van der Waals surface area contributed by atoms with Gasteiger partial charge >= 0.3 is 5.97 Å². The molecule has 4 rings (SSSR count). The number of aromatic nitrogens is 2. The van der Waals surface area contributed by atoms with Gasteiger partial charge < -0.3 is 15.1 Å². The predicted molar refractivity (Wildman–Crippen MR) is 94.4 cm³/mol. The number of carboxylic acids is 1. The van der Waals surface area contributed by atoms with Gasteiger partial charge in [-0.05, 0) is 20.1 Å². The third-order valence-corrected chi connectivity index (χ3v) is 7.16. The highest BCUT2D eigenvalue weighted by Gasteiger charge is 2.65. The number of thioether (sulfide) groups is 1. The Morgan fingerprint density at radius 1 is 1.52 bits per heavy atom. The second-order valence-corrected chi connectivity index (χ2v) is 8.39. The molecule has 132 valence electrons. The summed E-state index contributed by atoms with van der Waals surface area (Å²) in [5, 5.41) is 20.8. The Morgan fingerprint density at radius 3 is 2.84 bits per heavy atom. The van der Waals surface area contributed by atoms with E-state index in [4.69, 9.17) is 0 Å². The minimum absolute atomic E-state index is 0.225. The highest BCUT2D eigenvalue weighted by molar-refractivity contribution is 7.98. The van der Waals surface area contributed by atoms with Crippen LogP contribution in [0.25, 0.3) is 10.4 Å². The fraction of sp³-hybridized carbons (Fsp3) is 0.438. The third-order valence-electron chi connectivity index (χ3n) is 5.20. The van der Waals surface area contributed by atoms with Crippen molar-refractivity contribution >= 4 is 45.4 Å². The summed E-state index contributed by atoms with van der Waals surface area (Å²) in [4.78, 5) is 32.0. The Balaban J connectivity index is 1.83. The zero-order valence-corrected chi connectivity index (χ0v) is 15.5. The lowest BCUT2D eigenvalue weighted by molar-refractivity contribution is -0.168. The van der Waals surface area contributed by atoms with Gasteiger partial charge in [-0.2, -0.15) is 0 Å². The molecule has 1 saturated heterocycles. The van der Waals surface area contributed by atoms with E-state index in [0.717, 1.165) is 14.7 Å². The van der Waals surface area contributed by atoms with Gasteiger partial charge in [-0.25, -0.2) is 4.98 Å². The van der Waals surface area contributed by atoms with Crippen LogP contribution in [0, 0.1) is 11.3 Å². The minimum atomic E-state index is -1.26. The summed E-state index contributed by atoms with van der Waals surface area (Å²) in [7, 11) is 0. The first kappa shape index (κ1) is 16.6. The van der Waals surface area contributed by atoms with Crippen molar-refractivity contribution in [2.45, 2.75) is 31.0 Å². The Labute approximate surface area is 152 Å². The highest BCUT2D eigenvalue weighted by atomic mass is 32.2. The molecule has 0 bridgehead atoms. The smallest absolute Gasteiger partial charge is 0.316 e. The van der Waals surface area contributed by atoms with E-state index >= 15 is 0 Å². The summed E-state index contributed by atoms with van der Waals surface area (Å²) < 4.78 is 1.87. The molecule has 2 aromatic heterocycles. The SMILES string of the molecule is CSc1ncn2cc(C3=CN4C(=O)[C@H]([C@@H](C)O)[C@@H]4[C@@]3(C)C(=O)O)sc12. The molecule has 0 saturated carbocycles. The Bertz CT molecular complexity index is 931. The first-order chi connectivity index (χ1) is 11.8. The largest absolute Gasteiger partial charge is 0.481 e. The number of aliphatic hydroxyl groups is 1. The molecule has 0 aliphatic carbocycles. The van der Waals surface area contributed by atoms with Gasteiger partial charge in [0.1, 0.15) is 21.6 Å². The van der Waals surface area contributed by atoms with Gasteiger partial charge in [0.05, 0.1) is 22.9 Å². The Kier molecular flexibility index (Phi) is 3.54. The summed E-state index contributed by atoms with van der Waals surface area (Å²) in [5.74, 6) is -1.91. The molecule has 9 heteroatoms. The van der Waals surface area contributed by atoms with Gasteiger partial charge in [0.15, 0.2) is 0 Å². The van der Waals surface area contributed by atoms with Crippen LogP contribution in [-0.4, -0.2) is 54.8 Å². The van der Waals surface area contributed by atoms with Crippen LogP contribution in [0.1, 0.15) is 18.7 Å². The van der Waals surface area contributed by atoms with E-state index in [-0.39, 0.29) is 5.91 Å². The van der Waals surface area contributed by atoms with E-state index in [2.05, 4.69) is 4.98 Å². The molecule has 0 unspecified atom stereocenters. The van der Waals surface area contributed by atoms with Crippen molar-refractivity contribution in [3.63, 3.8) is 0 Å². The van der Waals surface area contributed by atoms with E-state index in [9.17, 15) is 19.8 Å². The van der Waals surface area contributed by atoms with Crippen LogP contribution >= 0.6 is 23.1 Å². The minimum Gasteiger partial charge on any atom is -0.481 e. The molecule has 2 aromatic rings. The number of hydrogen-bond donors (Lipinski definition) is 2. The molecule has 2 N–H and O–H groups in total. The first-order valence-corrected chi connectivity index (χ1v) is 9.81. The second kappa shape index (κ2) is 5.33. The number of carbonyl (C=O) groups is 2. The molecule has 1 fully saturated rings. The number of aliphatic hydroxyl groups excluding tert-OH is 1. The lowest BCUT2D eigenvalue weighted by atomic mass is 9.67. The van der Waals surface area contributed by atoms with E-state index in [1.165, 1.54) is 34.9 Å². The first-order valence-electron chi connectivity index (χ1n) is 7.77. The zero-order valence-electron chi connectivity index (χ0n) is 13.8. The van der Waals surface area contributed by atoms with Gasteiger partial charge in [0.2, 0.25) is 5.91 Å². The van der Waals surface area contributed by atoms with Crippen molar-refractivity contribution in [1.82, 2.24) is 14.3 Å². The average Bonchev–Trinajstić information content (AvgIpc) is 3.17. The maximum absolute atomic E-state index is 12.3. The average molecular weight is 379 g/mol. The topological polar surface area (TPSA) is 95.1 Å². The zero-order chi connectivity index (χ0) is 18.1. The van der Waals surface area contributed by atoms with Gasteiger partial charge in [-0.1, -0.05) is 0 Å². The monoisotopic (exact) mass is 379 g/mol. The summed E-state index contributed by atoms with van der Waals surface area (Å²) in [6, 6.07) is -0.563. The molecular formula is C16H17N3O4S2. The number of β-lactam (4-membered cyclic amide) rings is 1. The summed E-state index contributed by atoms with van der Waals surface area (Å²) in [6.45, 7) is 3.17. The standard InChI is InChI=1S/C16H17N3O4S2/c1-7(20)10-11-16(2,15(22)23)8(4-19(11)13(10)21)9-5-18-6-17-12(24-3)14(18)25-9/h4-7,10-11,20H,1-3H3,(H,22,23)/t7-,10-,11-,16+/m1/s1. The van der Waals surface area contributed by atoms with Crippen molar-refractivity contribution in [1.29, 1.82) is 0 Å². The molecule has 2 aliphatic rings. The Morgan fingerprint density at radius 2 is 2.24 bits per heavy atom. The number of hydrogen-bond acceptors (Lipinski definition) is 6. The number of imidazole rings is 1. The van der Waals surface area contributed by atoms with Crippen LogP contribution in [0.15, 0.2) is 23.8 Å². The maximum Gasteiger partial charge on any atom is 0.316 e. The molecule has 0 radical (unpaired) electrons. The van der Waals surface area contributed by atoms with Crippen molar-refractivity contribution < 1.29 is 19.8 Å². The van der Waals surface area contributed by atoms with Crippen LogP contribution in [0.3, 0.4) is 0 Å². The molecule has 0 spiro atoms. The van der Waals surface area contributed by atoms with Crippen LogP contribution in [0.2, 0.25) is 0 Å². The number of carbonyl (C=O) groups excluding carboxylic acids is 1. The molecule has 4 heterocycles. The molecule has 2 aliphatic heterocycles. The third kappa shape index (κ3) is 2.00. The maximum atomic E-state index is 12.3. The summed E-state index contributed by atoms with van der Waals surface area (Å²) in [5.41, 5.74) is -0.659. The number of aliphatic carboxylic acids is 1. The quantitative estimate of drug-likeness (QED) is 0.621. The number of thiazole rings is 1. The predicted octanol–water partition coefficient (Wildman–Crippen LogP) is 1.77. The highest BCUT2D eigenvalue weighted by Crippen LogP contribution is 2.55. The fourth-order valence-electron chi connectivity index (χ4n) is 3.82. The van der Waals surface area contributed by atoms with E-state index in [0.29, 0.717) is 5.57 Å². The van der Waals surface area contributed by atoms with Crippen molar-refractivity contribution in [3.05, 3.63) is 23.6 Å². The van der Waals surface area contributed by atoms with Crippen LogP contribution in [0.5, 0.6) is 0 Å². The number of amides is 1. The van der Waals surface area contributed by atoms with Crippen LogP contribution in [0.4, 0.5) is 0 Å². The lowest BCUT2D eigenvalue weighted by Gasteiger charge is -2.48. The van der Waals surface area contributed by atoms with Crippen molar-refractivity contribution in [2.75, 3.05) is 6.26 Å². The normalized spacial score (nSPS) is 29.5. The van der Waals surface area contributed by atoms with Crippen molar-refractivity contribution in [3.8, 4) is 0 Å². The Hall–Kier alpha value is -1.84. The molecule has 4 atom stereocenters. The van der Waals surface area contributed by atoms with Gasteiger partial charge in [-0.15, -0.1) is 23.1 Å². The number of nitrogens with zero attached hydrogens (tertiary/aromatic N) is 3. The van der Waals surface area contributed by atoms with Gasteiger partial charge in [0, 0.05) is 18.0 Å².